The molecule has 6 nitrogen and oxygen atoms in total. The van der Waals surface area contributed by atoms with Crippen LogP contribution in [0.5, 0.6) is 0 Å². The van der Waals surface area contributed by atoms with E-state index in [1.165, 1.54) is 25.3 Å². The van der Waals surface area contributed by atoms with E-state index in [-0.39, 0.29) is 10.5 Å². The second-order valence-corrected chi connectivity index (χ2v) is 6.89. The van der Waals surface area contributed by atoms with Crippen LogP contribution in [0.25, 0.3) is 0 Å². The molecule has 1 N–H and O–H groups in total. The molecule has 0 aromatic heterocycles. The van der Waals surface area contributed by atoms with Gasteiger partial charge in [-0.25, -0.2) is 17.9 Å². The molecule has 0 spiro atoms. The van der Waals surface area contributed by atoms with Gasteiger partial charge in [-0.3, -0.25) is 4.79 Å². The molecule has 20 heavy (non-hydrogen) atoms. The minimum atomic E-state index is -4.01. The third kappa shape index (κ3) is 3.80. The Balaban J connectivity index is 3.11. The van der Waals surface area contributed by atoms with Gasteiger partial charge in [0, 0.05) is 5.41 Å². The summed E-state index contributed by atoms with van der Waals surface area (Å²) >= 11 is 0. The van der Waals surface area contributed by atoms with Crippen LogP contribution in [0.3, 0.4) is 0 Å². The number of sulfonamides is 1. The van der Waals surface area contributed by atoms with Crippen LogP contribution < -0.4 is 4.72 Å². The lowest BCUT2D eigenvalue weighted by Gasteiger charge is -2.17. The maximum atomic E-state index is 12.1. The van der Waals surface area contributed by atoms with Crippen molar-refractivity contribution in [2.75, 3.05) is 7.11 Å². The van der Waals surface area contributed by atoms with E-state index < -0.39 is 27.3 Å². The zero-order chi connectivity index (χ0) is 15.6. The van der Waals surface area contributed by atoms with Crippen molar-refractivity contribution in [1.82, 2.24) is 4.72 Å². The standard InChI is InChI=1S/C13H17NO5S/c1-13(2,3)12(16)14-20(17,18)10-7-5-6-9(8-10)11(15)19-4/h5-8H,1-4H3,(H,14,16). The van der Waals surface area contributed by atoms with Gasteiger partial charge in [-0.05, 0) is 18.2 Å². The molecule has 0 aliphatic carbocycles. The summed E-state index contributed by atoms with van der Waals surface area (Å²) in [5, 5.41) is 0. The third-order valence-corrected chi connectivity index (χ3v) is 3.80. The number of benzene rings is 1. The Labute approximate surface area is 118 Å². The molecule has 0 saturated heterocycles. The van der Waals surface area contributed by atoms with Crippen LogP contribution in [0.15, 0.2) is 29.2 Å². The van der Waals surface area contributed by atoms with Crippen LogP contribution in [-0.4, -0.2) is 27.4 Å². The minimum absolute atomic E-state index is 0.0959. The van der Waals surface area contributed by atoms with Gasteiger partial charge < -0.3 is 4.74 Å². The summed E-state index contributed by atoms with van der Waals surface area (Å²) in [6, 6.07) is 5.29. The van der Waals surface area contributed by atoms with Gasteiger partial charge in [0.1, 0.15) is 0 Å². The highest BCUT2D eigenvalue weighted by molar-refractivity contribution is 7.90. The van der Waals surface area contributed by atoms with Gasteiger partial charge in [0.2, 0.25) is 5.91 Å². The van der Waals surface area contributed by atoms with Crippen molar-refractivity contribution in [2.24, 2.45) is 5.41 Å². The van der Waals surface area contributed by atoms with E-state index in [9.17, 15) is 18.0 Å². The Bertz CT molecular complexity index is 628. The molecule has 0 aliphatic heterocycles. The molecule has 1 amide bonds. The first-order valence-corrected chi connectivity index (χ1v) is 7.32. The molecule has 1 aromatic rings. The van der Waals surface area contributed by atoms with Crippen LogP contribution in [-0.2, 0) is 19.6 Å². The average Bonchev–Trinajstić information content (AvgIpc) is 2.36. The highest BCUT2D eigenvalue weighted by Gasteiger charge is 2.27. The molecule has 0 aliphatic rings. The summed E-state index contributed by atoms with van der Waals surface area (Å²) in [5.41, 5.74) is -0.744. The lowest BCUT2D eigenvalue weighted by molar-refractivity contribution is -0.126. The van der Waals surface area contributed by atoms with Crippen molar-refractivity contribution in [1.29, 1.82) is 0 Å². The summed E-state index contributed by atoms with van der Waals surface area (Å²) in [4.78, 5) is 22.9. The number of methoxy groups -OCH3 is 1. The molecule has 0 saturated carbocycles. The van der Waals surface area contributed by atoms with E-state index >= 15 is 0 Å². The van der Waals surface area contributed by atoms with E-state index in [0.717, 1.165) is 6.07 Å². The van der Waals surface area contributed by atoms with E-state index in [2.05, 4.69) is 4.74 Å². The lowest BCUT2D eigenvalue weighted by atomic mass is 9.96. The van der Waals surface area contributed by atoms with Gasteiger partial charge >= 0.3 is 5.97 Å². The highest BCUT2D eigenvalue weighted by Crippen LogP contribution is 2.17. The molecule has 1 aromatic carbocycles. The van der Waals surface area contributed by atoms with Crippen LogP contribution in [0.4, 0.5) is 0 Å². The quantitative estimate of drug-likeness (QED) is 0.850. The summed E-state index contributed by atoms with van der Waals surface area (Å²) < 4.78 is 30.6. The summed E-state index contributed by atoms with van der Waals surface area (Å²) in [5.74, 6) is -1.27. The summed E-state index contributed by atoms with van der Waals surface area (Å²) in [6.45, 7) is 4.80. The maximum Gasteiger partial charge on any atom is 0.337 e. The predicted molar refractivity (Wildman–Crippen MR) is 72.6 cm³/mol. The summed E-state index contributed by atoms with van der Waals surface area (Å²) in [6.07, 6.45) is 0. The zero-order valence-corrected chi connectivity index (χ0v) is 12.6. The number of nitrogens with one attached hydrogen (secondary N) is 1. The van der Waals surface area contributed by atoms with Crippen molar-refractivity contribution < 1.29 is 22.7 Å². The number of hydrogen-bond acceptors (Lipinski definition) is 5. The first-order valence-electron chi connectivity index (χ1n) is 5.83. The van der Waals surface area contributed by atoms with Crippen LogP contribution in [0.1, 0.15) is 31.1 Å². The fraction of sp³-hybridized carbons (Fsp3) is 0.385. The SMILES string of the molecule is COC(=O)c1cccc(S(=O)(=O)NC(=O)C(C)(C)C)c1. The molecule has 0 fully saturated rings. The first kappa shape index (κ1) is 16.2. The van der Waals surface area contributed by atoms with Crippen molar-refractivity contribution >= 4 is 21.9 Å². The monoisotopic (exact) mass is 299 g/mol. The second-order valence-electron chi connectivity index (χ2n) is 5.20. The molecule has 110 valence electrons. The van der Waals surface area contributed by atoms with Gasteiger partial charge in [0.25, 0.3) is 10.0 Å². The van der Waals surface area contributed by atoms with E-state index in [1.54, 1.807) is 20.8 Å². The zero-order valence-electron chi connectivity index (χ0n) is 11.8. The number of hydrogen-bond donors (Lipinski definition) is 1. The van der Waals surface area contributed by atoms with Crippen LogP contribution in [0, 0.1) is 5.41 Å². The molecule has 0 heterocycles. The van der Waals surface area contributed by atoms with Crippen molar-refractivity contribution in [3.05, 3.63) is 29.8 Å². The first-order chi connectivity index (χ1) is 9.08. The van der Waals surface area contributed by atoms with Crippen LogP contribution in [0.2, 0.25) is 0 Å². The molecule has 0 bridgehead atoms. The second kappa shape index (κ2) is 5.62. The van der Waals surface area contributed by atoms with Gasteiger partial charge in [-0.2, -0.15) is 0 Å². The Hall–Kier alpha value is -1.89. The van der Waals surface area contributed by atoms with Crippen molar-refractivity contribution in [2.45, 2.75) is 25.7 Å². The fourth-order valence-corrected chi connectivity index (χ4v) is 2.45. The molecule has 0 atom stereocenters. The maximum absolute atomic E-state index is 12.1. The number of carbonyl (C=O) groups is 2. The van der Waals surface area contributed by atoms with Gasteiger partial charge in [0.15, 0.2) is 0 Å². The highest BCUT2D eigenvalue weighted by atomic mass is 32.2. The number of esters is 1. The molecular formula is C13H17NO5S. The predicted octanol–water partition coefficient (Wildman–Crippen LogP) is 1.32. The topological polar surface area (TPSA) is 89.5 Å². The smallest absolute Gasteiger partial charge is 0.337 e. The van der Waals surface area contributed by atoms with Crippen molar-refractivity contribution in [3.63, 3.8) is 0 Å². The average molecular weight is 299 g/mol. The van der Waals surface area contributed by atoms with Gasteiger partial charge in [-0.15, -0.1) is 0 Å². The molecular weight excluding hydrogens is 282 g/mol. The van der Waals surface area contributed by atoms with Crippen molar-refractivity contribution in [3.8, 4) is 0 Å². The largest absolute Gasteiger partial charge is 0.465 e. The fourth-order valence-electron chi connectivity index (χ4n) is 1.24. The van der Waals surface area contributed by atoms with Crippen LogP contribution >= 0.6 is 0 Å². The Morgan fingerprint density at radius 1 is 1.20 bits per heavy atom. The van der Waals surface area contributed by atoms with Gasteiger partial charge in [-0.1, -0.05) is 26.8 Å². The Morgan fingerprint density at radius 3 is 2.30 bits per heavy atom. The molecule has 1 rings (SSSR count). The number of carbonyl (C=O) groups excluding carboxylic acids is 2. The third-order valence-electron chi connectivity index (χ3n) is 2.47. The van der Waals surface area contributed by atoms with Gasteiger partial charge in [0.05, 0.1) is 17.6 Å². The van der Waals surface area contributed by atoms with E-state index in [0.29, 0.717) is 0 Å². The number of rotatable bonds is 3. The molecule has 0 unspecified atom stereocenters. The normalized spacial score (nSPS) is 11.8. The molecule has 0 radical (unpaired) electrons. The van der Waals surface area contributed by atoms with E-state index in [1.807, 2.05) is 4.72 Å². The summed E-state index contributed by atoms with van der Waals surface area (Å²) in [7, 11) is -2.81. The number of ether oxygens (including phenoxy) is 1. The Kier molecular flexibility index (Phi) is 4.54. The minimum Gasteiger partial charge on any atom is -0.465 e. The number of amides is 1. The molecule has 7 heteroatoms. The lowest BCUT2D eigenvalue weighted by Crippen LogP contribution is -2.38. The Morgan fingerprint density at radius 2 is 1.80 bits per heavy atom. The van der Waals surface area contributed by atoms with E-state index in [4.69, 9.17) is 0 Å².